The SMILES string of the molecule is OC(c1ccc2c(c1)OCO2)c1cccc2ncccc12. The van der Waals surface area contributed by atoms with Gasteiger partial charge in [0.1, 0.15) is 6.10 Å². The third-order valence-electron chi connectivity index (χ3n) is 3.69. The zero-order chi connectivity index (χ0) is 14.2. The second-order valence-corrected chi connectivity index (χ2v) is 4.93. The molecular weight excluding hydrogens is 266 g/mol. The van der Waals surface area contributed by atoms with Crippen molar-refractivity contribution in [2.45, 2.75) is 6.10 Å². The molecule has 0 spiro atoms. The summed E-state index contributed by atoms with van der Waals surface area (Å²) in [5.41, 5.74) is 2.48. The van der Waals surface area contributed by atoms with Crippen LogP contribution in [0.25, 0.3) is 10.9 Å². The number of nitrogens with zero attached hydrogens (tertiary/aromatic N) is 1. The molecule has 1 atom stereocenters. The van der Waals surface area contributed by atoms with E-state index in [1.165, 1.54) is 0 Å². The summed E-state index contributed by atoms with van der Waals surface area (Å²) in [6.07, 6.45) is 1.02. The smallest absolute Gasteiger partial charge is 0.231 e. The number of pyridine rings is 1. The molecule has 0 amide bonds. The van der Waals surface area contributed by atoms with E-state index >= 15 is 0 Å². The molecule has 3 aromatic rings. The first kappa shape index (κ1) is 12.2. The van der Waals surface area contributed by atoms with Gasteiger partial charge in [0.2, 0.25) is 6.79 Å². The normalized spacial score (nSPS) is 14.3. The van der Waals surface area contributed by atoms with Crippen molar-refractivity contribution in [1.82, 2.24) is 4.98 Å². The topological polar surface area (TPSA) is 51.6 Å². The van der Waals surface area contributed by atoms with Gasteiger partial charge in [-0.1, -0.05) is 24.3 Å². The Labute approximate surface area is 121 Å². The molecule has 0 saturated carbocycles. The van der Waals surface area contributed by atoms with Crippen molar-refractivity contribution in [3.05, 3.63) is 65.9 Å². The Kier molecular flexibility index (Phi) is 2.75. The molecule has 0 saturated heterocycles. The van der Waals surface area contributed by atoms with Crippen LogP contribution in [0.4, 0.5) is 0 Å². The van der Waals surface area contributed by atoms with Crippen LogP contribution in [-0.2, 0) is 0 Å². The number of hydrogen-bond donors (Lipinski definition) is 1. The molecule has 1 N–H and O–H groups in total. The van der Waals surface area contributed by atoms with E-state index in [0.717, 1.165) is 22.0 Å². The number of benzene rings is 2. The van der Waals surface area contributed by atoms with Crippen molar-refractivity contribution in [3.8, 4) is 11.5 Å². The summed E-state index contributed by atoms with van der Waals surface area (Å²) in [4.78, 5) is 4.32. The number of rotatable bonds is 2. The van der Waals surface area contributed by atoms with Gasteiger partial charge in [-0.2, -0.15) is 0 Å². The zero-order valence-electron chi connectivity index (χ0n) is 11.2. The van der Waals surface area contributed by atoms with Crippen molar-refractivity contribution in [1.29, 1.82) is 0 Å². The van der Waals surface area contributed by atoms with Crippen LogP contribution in [0, 0.1) is 0 Å². The number of aromatic nitrogens is 1. The Morgan fingerprint density at radius 2 is 1.90 bits per heavy atom. The van der Waals surface area contributed by atoms with Crippen LogP contribution >= 0.6 is 0 Å². The Morgan fingerprint density at radius 1 is 1.00 bits per heavy atom. The second-order valence-electron chi connectivity index (χ2n) is 4.93. The van der Waals surface area contributed by atoms with E-state index in [2.05, 4.69) is 4.98 Å². The fraction of sp³-hybridized carbons (Fsp3) is 0.118. The van der Waals surface area contributed by atoms with E-state index in [9.17, 15) is 5.11 Å². The Hall–Kier alpha value is -2.59. The Bertz CT molecular complexity index is 811. The van der Waals surface area contributed by atoms with Gasteiger partial charge in [0.25, 0.3) is 0 Å². The highest BCUT2D eigenvalue weighted by atomic mass is 16.7. The molecule has 2 heterocycles. The summed E-state index contributed by atoms with van der Waals surface area (Å²) in [6.45, 7) is 0.229. The van der Waals surface area contributed by atoms with Crippen molar-refractivity contribution < 1.29 is 14.6 Å². The highest BCUT2D eigenvalue weighted by molar-refractivity contribution is 5.82. The molecule has 0 radical (unpaired) electrons. The van der Waals surface area contributed by atoms with Gasteiger partial charge in [-0.05, 0) is 35.4 Å². The molecular formula is C17H13NO3. The average molecular weight is 279 g/mol. The zero-order valence-corrected chi connectivity index (χ0v) is 11.2. The lowest BCUT2D eigenvalue weighted by molar-refractivity contribution is 0.173. The molecule has 2 aromatic carbocycles. The van der Waals surface area contributed by atoms with E-state index < -0.39 is 6.10 Å². The van der Waals surface area contributed by atoms with Gasteiger partial charge in [0.05, 0.1) is 5.52 Å². The van der Waals surface area contributed by atoms with E-state index in [1.807, 2.05) is 48.5 Å². The van der Waals surface area contributed by atoms with E-state index in [-0.39, 0.29) is 6.79 Å². The molecule has 4 nitrogen and oxygen atoms in total. The minimum atomic E-state index is -0.729. The highest BCUT2D eigenvalue weighted by Gasteiger charge is 2.19. The van der Waals surface area contributed by atoms with E-state index in [0.29, 0.717) is 11.5 Å². The predicted octanol–water partition coefficient (Wildman–Crippen LogP) is 3.05. The second kappa shape index (κ2) is 4.75. The quantitative estimate of drug-likeness (QED) is 0.783. The number of fused-ring (bicyclic) bond motifs is 2. The Morgan fingerprint density at radius 3 is 2.86 bits per heavy atom. The van der Waals surface area contributed by atoms with Crippen molar-refractivity contribution in [2.75, 3.05) is 6.79 Å². The van der Waals surface area contributed by atoms with Gasteiger partial charge < -0.3 is 14.6 Å². The van der Waals surface area contributed by atoms with Gasteiger partial charge in [-0.3, -0.25) is 4.98 Å². The van der Waals surface area contributed by atoms with Crippen LogP contribution < -0.4 is 9.47 Å². The van der Waals surface area contributed by atoms with Crippen LogP contribution in [0.15, 0.2) is 54.7 Å². The third kappa shape index (κ3) is 2.00. The summed E-state index contributed by atoms with van der Waals surface area (Å²) in [7, 11) is 0. The first-order valence-corrected chi connectivity index (χ1v) is 6.74. The van der Waals surface area contributed by atoms with Crippen molar-refractivity contribution in [2.24, 2.45) is 0 Å². The van der Waals surface area contributed by atoms with Crippen LogP contribution in [0.2, 0.25) is 0 Å². The molecule has 0 bridgehead atoms. The molecule has 1 unspecified atom stereocenters. The highest BCUT2D eigenvalue weighted by Crippen LogP contribution is 2.36. The first-order valence-electron chi connectivity index (χ1n) is 6.74. The summed E-state index contributed by atoms with van der Waals surface area (Å²) in [6, 6.07) is 15.1. The minimum Gasteiger partial charge on any atom is -0.454 e. The predicted molar refractivity (Wildman–Crippen MR) is 78.4 cm³/mol. The summed E-state index contributed by atoms with van der Waals surface area (Å²) in [5, 5.41) is 11.6. The fourth-order valence-electron chi connectivity index (χ4n) is 2.63. The lowest BCUT2D eigenvalue weighted by Crippen LogP contribution is -2.01. The molecule has 21 heavy (non-hydrogen) atoms. The van der Waals surface area contributed by atoms with Gasteiger partial charge in [0, 0.05) is 11.6 Å². The number of ether oxygens (including phenoxy) is 2. The maximum atomic E-state index is 10.7. The maximum absolute atomic E-state index is 10.7. The molecule has 0 aliphatic carbocycles. The van der Waals surface area contributed by atoms with Gasteiger partial charge >= 0.3 is 0 Å². The summed E-state index contributed by atoms with van der Waals surface area (Å²) in [5.74, 6) is 1.38. The monoisotopic (exact) mass is 279 g/mol. The fourth-order valence-corrected chi connectivity index (χ4v) is 2.63. The van der Waals surface area contributed by atoms with Crippen molar-refractivity contribution in [3.63, 3.8) is 0 Å². The van der Waals surface area contributed by atoms with Crippen LogP contribution in [-0.4, -0.2) is 16.9 Å². The maximum Gasteiger partial charge on any atom is 0.231 e. The first-order chi connectivity index (χ1) is 10.3. The molecule has 1 aliphatic rings. The van der Waals surface area contributed by atoms with Crippen LogP contribution in [0.3, 0.4) is 0 Å². The van der Waals surface area contributed by atoms with Gasteiger partial charge in [-0.25, -0.2) is 0 Å². The third-order valence-corrected chi connectivity index (χ3v) is 3.69. The summed E-state index contributed by atoms with van der Waals surface area (Å²) >= 11 is 0. The lowest BCUT2D eigenvalue weighted by atomic mass is 9.97. The van der Waals surface area contributed by atoms with E-state index in [1.54, 1.807) is 6.20 Å². The molecule has 104 valence electrons. The molecule has 1 aromatic heterocycles. The number of hydrogen-bond acceptors (Lipinski definition) is 4. The van der Waals surface area contributed by atoms with Crippen molar-refractivity contribution >= 4 is 10.9 Å². The Balaban J connectivity index is 1.81. The van der Waals surface area contributed by atoms with Gasteiger partial charge in [0.15, 0.2) is 11.5 Å². The molecule has 4 rings (SSSR count). The average Bonchev–Trinajstić information content (AvgIpc) is 3.01. The van der Waals surface area contributed by atoms with Crippen LogP contribution in [0.5, 0.6) is 11.5 Å². The molecule has 0 fully saturated rings. The molecule has 1 aliphatic heterocycles. The standard InChI is InChI=1S/C17H13NO3/c19-17(11-6-7-15-16(9-11)21-10-20-15)13-3-1-5-14-12(13)4-2-8-18-14/h1-9,17,19H,10H2. The van der Waals surface area contributed by atoms with E-state index in [4.69, 9.17) is 9.47 Å². The molecule has 4 heteroatoms. The number of aliphatic hydroxyl groups excluding tert-OH is 1. The minimum absolute atomic E-state index is 0.229. The van der Waals surface area contributed by atoms with Crippen LogP contribution in [0.1, 0.15) is 17.2 Å². The summed E-state index contributed by atoms with van der Waals surface area (Å²) < 4.78 is 10.7. The largest absolute Gasteiger partial charge is 0.454 e. The lowest BCUT2D eigenvalue weighted by Gasteiger charge is -2.14. The van der Waals surface area contributed by atoms with Gasteiger partial charge in [-0.15, -0.1) is 0 Å². The number of aliphatic hydroxyl groups is 1.